The number of nitrogens with two attached hydrogens (primary N) is 1. The zero-order valence-electron chi connectivity index (χ0n) is 8.41. The molecule has 3 amide bonds. The van der Waals surface area contributed by atoms with Crippen molar-refractivity contribution in [2.24, 2.45) is 5.73 Å². The van der Waals surface area contributed by atoms with Gasteiger partial charge in [-0.05, 0) is 0 Å². The van der Waals surface area contributed by atoms with Crippen LogP contribution in [0.15, 0.2) is 6.20 Å². The molecule has 9 nitrogen and oxygen atoms in total. The zero-order chi connectivity index (χ0) is 12.8. The monoisotopic (exact) mass is 259 g/mol. The van der Waals surface area contributed by atoms with Crippen molar-refractivity contribution in [2.45, 2.75) is 12.5 Å². The lowest BCUT2D eigenvalue weighted by molar-refractivity contribution is -0.140. The molecule has 0 spiro atoms. The average Bonchev–Trinajstić information content (AvgIpc) is 2.68. The Morgan fingerprint density at radius 1 is 1.53 bits per heavy atom. The summed E-state index contributed by atoms with van der Waals surface area (Å²) in [6, 6.07) is -2.14. The second kappa shape index (κ2) is 5.75. The molecule has 92 valence electrons. The van der Waals surface area contributed by atoms with E-state index in [1.807, 2.05) is 0 Å². The topological polar surface area (TPSA) is 147 Å². The highest BCUT2D eigenvalue weighted by Gasteiger charge is 2.22. The number of aromatic nitrogens is 2. The van der Waals surface area contributed by atoms with Gasteiger partial charge in [-0.15, -0.1) is 5.10 Å². The molecule has 0 bridgehead atoms. The summed E-state index contributed by atoms with van der Waals surface area (Å²) in [6.07, 6.45) is 0.817. The lowest BCUT2D eigenvalue weighted by atomic mass is 10.2. The van der Waals surface area contributed by atoms with E-state index in [9.17, 15) is 14.4 Å². The van der Waals surface area contributed by atoms with Crippen LogP contribution >= 0.6 is 11.5 Å². The molecule has 0 unspecified atom stereocenters. The molecule has 0 saturated heterocycles. The van der Waals surface area contributed by atoms with Crippen molar-refractivity contribution in [2.75, 3.05) is 5.32 Å². The number of rotatable bonds is 5. The molecule has 0 saturated carbocycles. The van der Waals surface area contributed by atoms with E-state index in [0.29, 0.717) is 5.00 Å². The number of nitrogens with zero attached hydrogens (tertiary/aromatic N) is 2. The van der Waals surface area contributed by atoms with E-state index in [-0.39, 0.29) is 0 Å². The van der Waals surface area contributed by atoms with Gasteiger partial charge in [-0.25, -0.2) is 9.59 Å². The number of aliphatic carboxylic acids is 1. The number of carboxylic acid groups (broad SMARTS) is 1. The molecule has 1 aromatic rings. The third-order valence-corrected chi connectivity index (χ3v) is 2.19. The number of primary amides is 1. The Morgan fingerprint density at radius 3 is 2.71 bits per heavy atom. The maximum absolute atomic E-state index is 11.3. The van der Waals surface area contributed by atoms with Crippen LogP contribution in [0.1, 0.15) is 6.42 Å². The van der Waals surface area contributed by atoms with Crippen LogP contribution in [0.3, 0.4) is 0 Å². The fourth-order valence-corrected chi connectivity index (χ4v) is 1.34. The van der Waals surface area contributed by atoms with Crippen LogP contribution in [0.4, 0.5) is 9.80 Å². The van der Waals surface area contributed by atoms with Crippen LogP contribution in [0.5, 0.6) is 0 Å². The smallest absolute Gasteiger partial charge is 0.326 e. The summed E-state index contributed by atoms with van der Waals surface area (Å²) < 4.78 is 3.50. The fourth-order valence-electron chi connectivity index (χ4n) is 0.930. The highest BCUT2D eigenvalue weighted by molar-refractivity contribution is 7.10. The fraction of sp³-hybridized carbons (Fsp3) is 0.286. The van der Waals surface area contributed by atoms with Gasteiger partial charge in [0.15, 0.2) is 0 Å². The number of carbonyl (C=O) groups excluding carboxylic acids is 2. The number of hydrogen-bond acceptors (Lipinski definition) is 6. The predicted molar refractivity (Wildman–Crippen MR) is 57.3 cm³/mol. The molecule has 1 rings (SSSR count). The van der Waals surface area contributed by atoms with Crippen LogP contribution in [0.2, 0.25) is 0 Å². The lowest BCUT2D eigenvalue weighted by Crippen LogP contribution is -2.45. The molecule has 1 aromatic heterocycles. The standard InChI is InChI=1S/C7H9N5O4S/c8-4(13)1-3(6(14)15)10-7(16)11-5-2-9-12-17-5/h2-3H,1H2,(H2,8,13)(H,14,15)(H2,10,11,16)/t3-/m1/s1. The molecule has 0 aliphatic rings. The van der Waals surface area contributed by atoms with Gasteiger partial charge in [-0.1, -0.05) is 4.49 Å². The first-order valence-corrected chi connectivity index (χ1v) is 5.12. The van der Waals surface area contributed by atoms with Gasteiger partial charge in [-0.2, -0.15) is 0 Å². The summed E-state index contributed by atoms with van der Waals surface area (Å²) in [5.74, 6) is -2.17. The minimum Gasteiger partial charge on any atom is -0.480 e. The molecular formula is C7H9N5O4S. The van der Waals surface area contributed by atoms with Gasteiger partial charge in [0, 0.05) is 11.5 Å². The summed E-state index contributed by atoms with van der Waals surface area (Å²) in [5, 5.41) is 16.9. The molecular weight excluding hydrogens is 250 g/mol. The maximum Gasteiger partial charge on any atom is 0.326 e. The number of carboxylic acids is 1. The minimum atomic E-state index is -1.37. The van der Waals surface area contributed by atoms with E-state index < -0.39 is 30.4 Å². The summed E-state index contributed by atoms with van der Waals surface area (Å²) in [5.41, 5.74) is 4.85. The van der Waals surface area contributed by atoms with E-state index in [4.69, 9.17) is 10.8 Å². The Bertz CT molecular complexity index is 420. The number of carbonyl (C=O) groups is 3. The van der Waals surface area contributed by atoms with Gasteiger partial charge < -0.3 is 16.2 Å². The molecule has 10 heteroatoms. The van der Waals surface area contributed by atoms with Gasteiger partial charge in [0.1, 0.15) is 11.0 Å². The molecule has 0 fully saturated rings. The molecule has 0 aliphatic carbocycles. The van der Waals surface area contributed by atoms with Crippen molar-refractivity contribution in [3.63, 3.8) is 0 Å². The van der Waals surface area contributed by atoms with Crippen LogP contribution in [0.25, 0.3) is 0 Å². The minimum absolute atomic E-state index is 0.353. The van der Waals surface area contributed by atoms with Crippen LogP contribution in [-0.4, -0.2) is 38.6 Å². The molecule has 0 aromatic carbocycles. The van der Waals surface area contributed by atoms with E-state index in [1.165, 1.54) is 6.20 Å². The first-order chi connectivity index (χ1) is 7.99. The zero-order valence-corrected chi connectivity index (χ0v) is 9.23. The van der Waals surface area contributed by atoms with Gasteiger partial charge >= 0.3 is 12.0 Å². The van der Waals surface area contributed by atoms with E-state index in [1.54, 1.807) is 0 Å². The Hall–Kier alpha value is -2.23. The Balaban J connectivity index is 2.52. The van der Waals surface area contributed by atoms with Crippen molar-refractivity contribution in [1.82, 2.24) is 14.9 Å². The number of urea groups is 1. The number of anilines is 1. The van der Waals surface area contributed by atoms with Gasteiger partial charge in [0.05, 0.1) is 12.6 Å². The first kappa shape index (κ1) is 12.8. The van der Waals surface area contributed by atoms with Crippen molar-refractivity contribution < 1.29 is 19.5 Å². The van der Waals surface area contributed by atoms with E-state index >= 15 is 0 Å². The lowest BCUT2D eigenvalue weighted by Gasteiger charge is -2.12. The predicted octanol–water partition coefficient (Wildman–Crippen LogP) is -1.01. The molecule has 5 N–H and O–H groups in total. The Labute approximate surface area is 99.2 Å². The molecule has 0 aliphatic heterocycles. The molecule has 1 atom stereocenters. The quantitative estimate of drug-likeness (QED) is 0.532. The van der Waals surface area contributed by atoms with Crippen molar-refractivity contribution >= 4 is 34.4 Å². The largest absolute Gasteiger partial charge is 0.480 e. The maximum atomic E-state index is 11.3. The molecule has 0 radical (unpaired) electrons. The Morgan fingerprint density at radius 2 is 2.24 bits per heavy atom. The first-order valence-electron chi connectivity index (χ1n) is 4.35. The van der Waals surface area contributed by atoms with Crippen LogP contribution in [0, 0.1) is 0 Å². The number of hydrogen-bond donors (Lipinski definition) is 4. The number of amides is 3. The third-order valence-electron chi connectivity index (χ3n) is 1.61. The SMILES string of the molecule is NC(=O)C[C@@H](NC(=O)Nc1cnns1)C(=O)O. The van der Waals surface area contributed by atoms with Gasteiger partial charge in [0.25, 0.3) is 0 Å². The normalized spacial score (nSPS) is 11.5. The second-order valence-corrected chi connectivity index (χ2v) is 3.73. The van der Waals surface area contributed by atoms with E-state index in [0.717, 1.165) is 11.5 Å². The molecule has 17 heavy (non-hydrogen) atoms. The van der Waals surface area contributed by atoms with E-state index in [2.05, 4.69) is 20.2 Å². The summed E-state index contributed by atoms with van der Waals surface area (Å²) in [4.78, 5) is 32.6. The van der Waals surface area contributed by atoms with Crippen molar-refractivity contribution in [3.8, 4) is 0 Å². The van der Waals surface area contributed by atoms with Crippen molar-refractivity contribution in [3.05, 3.63) is 6.20 Å². The van der Waals surface area contributed by atoms with Gasteiger partial charge in [0.2, 0.25) is 5.91 Å². The Kier molecular flexibility index (Phi) is 4.34. The van der Waals surface area contributed by atoms with Crippen LogP contribution in [-0.2, 0) is 9.59 Å². The highest BCUT2D eigenvalue weighted by atomic mass is 32.1. The van der Waals surface area contributed by atoms with Crippen molar-refractivity contribution in [1.29, 1.82) is 0 Å². The highest BCUT2D eigenvalue weighted by Crippen LogP contribution is 2.08. The summed E-state index contributed by atoms with van der Waals surface area (Å²) >= 11 is 0.929. The summed E-state index contributed by atoms with van der Waals surface area (Å²) in [7, 11) is 0. The summed E-state index contributed by atoms with van der Waals surface area (Å²) in [6.45, 7) is 0. The third kappa shape index (κ3) is 4.42. The van der Waals surface area contributed by atoms with Crippen LogP contribution < -0.4 is 16.4 Å². The van der Waals surface area contributed by atoms with Gasteiger partial charge in [-0.3, -0.25) is 10.1 Å². The number of nitrogens with one attached hydrogen (secondary N) is 2. The second-order valence-electron chi connectivity index (χ2n) is 2.94. The molecule has 1 heterocycles. The average molecular weight is 259 g/mol.